The Bertz CT molecular complexity index is 2210. The van der Waals surface area contributed by atoms with Crippen molar-refractivity contribution < 1.29 is 52.4 Å². The Morgan fingerprint density at radius 3 is 2.38 bits per heavy atom. The third kappa shape index (κ3) is 10.0. The molecule has 1 aliphatic carbocycles. The molecule has 0 N–H and O–H groups in total. The van der Waals surface area contributed by atoms with Gasteiger partial charge in [0.25, 0.3) is 0 Å². The van der Waals surface area contributed by atoms with Crippen molar-refractivity contribution in [1.82, 2.24) is 4.98 Å². The first-order valence-corrected chi connectivity index (χ1v) is 22.9. The Kier molecular flexibility index (Phi) is 15.0. The van der Waals surface area contributed by atoms with Gasteiger partial charge in [0.05, 0.1) is 41.4 Å². The van der Waals surface area contributed by atoms with Gasteiger partial charge in [-0.1, -0.05) is 90.1 Å². The SMILES string of the molecule is CC[C@@H](OC(=O)[C@H](C)C(=O)[C@H](C)[C@@H](O[C@@H]1O[C@H](C)C[C@H](C)[C@H]1OC(=O)c1ccccc1)[C@@](C)(CCC(C)=O)OC/C=C/c1cnc2ccccc2c1)[C@@]1(C)OC(=O)C2C(C)C2(C)[C@@H]1C. The molecule has 6 rings (SSSR count). The molecule has 3 aromatic rings. The molecular formula is C52H67NO11. The second kappa shape index (κ2) is 19.8. The molecule has 1 aromatic heterocycles. The number of fused-ring (bicyclic) bond motifs is 2. The van der Waals surface area contributed by atoms with Crippen molar-refractivity contribution in [2.45, 2.75) is 144 Å². The third-order valence-corrected chi connectivity index (χ3v) is 14.8. The number of ether oxygens (including phenoxy) is 6. The smallest absolute Gasteiger partial charge is 0.338 e. The lowest BCUT2D eigenvalue weighted by Crippen LogP contribution is -2.57. The van der Waals surface area contributed by atoms with Crippen LogP contribution in [-0.4, -0.2) is 83.0 Å². The molecule has 2 aliphatic heterocycles. The second-order valence-corrected chi connectivity index (χ2v) is 19.2. The Labute approximate surface area is 378 Å². The summed E-state index contributed by atoms with van der Waals surface area (Å²) in [6.07, 6.45) is 2.42. The summed E-state index contributed by atoms with van der Waals surface area (Å²) in [6, 6.07) is 18.5. The van der Waals surface area contributed by atoms with Crippen LogP contribution in [-0.2, 0) is 47.6 Å². The minimum atomic E-state index is -1.32. The number of hydrogen-bond donors (Lipinski definition) is 0. The normalized spacial score (nSPS) is 30.5. The van der Waals surface area contributed by atoms with Crippen LogP contribution in [0.25, 0.3) is 17.0 Å². The van der Waals surface area contributed by atoms with Gasteiger partial charge >= 0.3 is 17.9 Å². The van der Waals surface area contributed by atoms with Gasteiger partial charge in [-0.3, -0.25) is 19.4 Å². The zero-order valence-electron chi connectivity index (χ0n) is 39.3. The van der Waals surface area contributed by atoms with Gasteiger partial charge in [0.2, 0.25) is 0 Å². The fourth-order valence-corrected chi connectivity index (χ4v) is 10.3. The van der Waals surface area contributed by atoms with Crippen LogP contribution in [0.2, 0.25) is 0 Å². The number of carbonyl (C=O) groups is 5. The fraction of sp³-hybridized carbons (Fsp3) is 0.577. The Balaban J connectivity index is 1.30. The minimum Gasteiger partial charge on any atom is -0.458 e. The summed E-state index contributed by atoms with van der Waals surface area (Å²) in [5, 5.41) is 0.984. The molecule has 12 nitrogen and oxygen atoms in total. The zero-order chi connectivity index (χ0) is 46.7. The van der Waals surface area contributed by atoms with Gasteiger partial charge in [-0.05, 0) is 95.0 Å². The van der Waals surface area contributed by atoms with Gasteiger partial charge in [-0.15, -0.1) is 0 Å². The van der Waals surface area contributed by atoms with Gasteiger partial charge < -0.3 is 33.2 Å². The van der Waals surface area contributed by atoms with E-state index >= 15 is 0 Å². The molecule has 64 heavy (non-hydrogen) atoms. The third-order valence-electron chi connectivity index (χ3n) is 14.8. The standard InChI is InChI=1S/C52H67NO11/c1-12-41(52(11)36(8)51(10)35(7)42(51)48(58)64-52)61-46(56)34(6)43(55)33(5)45(63-49-44(30(2)27-32(4)60-49)62-47(57)38-20-14-13-15-21-38)50(9,25-24-31(3)54)59-26-18-19-37-28-39-22-16-17-23-40(39)53-29-37/h13-23,28-30,32-36,41-42,44-45,49H,12,24-27H2,1-11H3/b19-18+/t30-,32+,33-,34+,35?,36-,41+,42?,44+,45+,49-,50+,51?,52-/m0/s1. The number of benzene rings is 2. The molecule has 0 bridgehead atoms. The molecule has 3 fully saturated rings. The molecule has 3 heterocycles. The molecular weight excluding hydrogens is 815 g/mol. The maximum atomic E-state index is 14.8. The van der Waals surface area contributed by atoms with Crippen molar-refractivity contribution in [2.24, 2.45) is 40.9 Å². The van der Waals surface area contributed by atoms with E-state index in [-0.39, 0.29) is 66.4 Å². The van der Waals surface area contributed by atoms with E-state index in [0.717, 1.165) is 16.5 Å². The highest BCUT2D eigenvalue weighted by atomic mass is 16.7. The number of pyridine rings is 1. The van der Waals surface area contributed by atoms with E-state index in [4.69, 9.17) is 28.4 Å². The largest absolute Gasteiger partial charge is 0.458 e. The van der Waals surface area contributed by atoms with Crippen molar-refractivity contribution >= 4 is 46.5 Å². The van der Waals surface area contributed by atoms with E-state index in [9.17, 15) is 24.0 Å². The van der Waals surface area contributed by atoms with Gasteiger partial charge in [-0.2, -0.15) is 0 Å². The number of para-hydroxylation sites is 1. The van der Waals surface area contributed by atoms with E-state index in [1.54, 1.807) is 44.3 Å². The lowest BCUT2D eigenvalue weighted by atomic mass is 9.72. The number of esters is 3. The summed E-state index contributed by atoms with van der Waals surface area (Å²) < 4.78 is 38.4. The number of ketones is 2. The highest BCUT2D eigenvalue weighted by molar-refractivity contribution is 6.00. The second-order valence-electron chi connectivity index (χ2n) is 19.2. The highest BCUT2D eigenvalue weighted by Gasteiger charge is 2.74. The molecule has 3 unspecified atom stereocenters. The van der Waals surface area contributed by atoms with E-state index in [0.29, 0.717) is 18.4 Å². The molecule has 2 saturated heterocycles. The molecule has 346 valence electrons. The van der Waals surface area contributed by atoms with Crippen molar-refractivity contribution in [2.75, 3.05) is 6.61 Å². The molecule has 0 radical (unpaired) electrons. The molecule has 3 aliphatic rings. The topological polar surface area (TPSA) is 154 Å². The summed E-state index contributed by atoms with van der Waals surface area (Å²) in [7, 11) is 0. The number of nitrogens with zero attached hydrogens (tertiary/aromatic N) is 1. The van der Waals surface area contributed by atoms with Gasteiger partial charge in [0.15, 0.2) is 18.2 Å². The minimum absolute atomic E-state index is 0.0659. The van der Waals surface area contributed by atoms with Crippen LogP contribution >= 0.6 is 0 Å². The Hall–Kier alpha value is -4.78. The van der Waals surface area contributed by atoms with Crippen molar-refractivity contribution in [3.05, 3.63) is 84.1 Å². The predicted octanol–water partition coefficient (Wildman–Crippen LogP) is 9.16. The van der Waals surface area contributed by atoms with Gasteiger partial charge in [-0.25, -0.2) is 4.79 Å². The first-order valence-electron chi connectivity index (χ1n) is 22.9. The van der Waals surface area contributed by atoms with Crippen LogP contribution in [0, 0.1) is 40.9 Å². The molecule has 2 aromatic carbocycles. The summed E-state index contributed by atoms with van der Waals surface area (Å²) in [5.41, 5.74) is -0.631. The van der Waals surface area contributed by atoms with Crippen LogP contribution in [0.3, 0.4) is 0 Å². The van der Waals surface area contributed by atoms with E-state index < -0.39 is 65.4 Å². The number of rotatable bonds is 19. The van der Waals surface area contributed by atoms with Crippen LogP contribution in [0.1, 0.15) is 118 Å². The summed E-state index contributed by atoms with van der Waals surface area (Å²) in [4.78, 5) is 72.9. The predicted molar refractivity (Wildman–Crippen MR) is 242 cm³/mol. The molecule has 0 spiro atoms. The maximum Gasteiger partial charge on any atom is 0.338 e. The van der Waals surface area contributed by atoms with Gasteiger partial charge in [0, 0.05) is 35.8 Å². The summed E-state index contributed by atoms with van der Waals surface area (Å²) >= 11 is 0. The molecule has 1 saturated carbocycles. The fourth-order valence-electron chi connectivity index (χ4n) is 10.3. The average Bonchev–Trinajstić information content (AvgIpc) is 3.85. The first-order chi connectivity index (χ1) is 30.2. The number of aromatic nitrogens is 1. The lowest BCUT2D eigenvalue weighted by Gasteiger charge is -2.46. The summed E-state index contributed by atoms with van der Waals surface area (Å²) in [5.74, 6) is -4.88. The Morgan fingerprint density at radius 1 is 1.00 bits per heavy atom. The number of cyclic esters (lactones) is 1. The van der Waals surface area contributed by atoms with Crippen molar-refractivity contribution in [3.63, 3.8) is 0 Å². The van der Waals surface area contributed by atoms with Gasteiger partial charge in [0.1, 0.15) is 23.4 Å². The number of carbonyl (C=O) groups excluding carboxylic acids is 5. The first kappa shape index (κ1) is 48.7. The molecule has 14 atom stereocenters. The quantitative estimate of drug-likeness (QED) is 0.0641. The van der Waals surface area contributed by atoms with E-state index in [2.05, 4.69) is 11.9 Å². The highest BCUT2D eigenvalue weighted by Crippen LogP contribution is 2.69. The molecule has 12 heteroatoms. The number of Topliss-reactive ketones (excluding diaryl/α,β-unsaturated/α-hetero) is 2. The van der Waals surface area contributed by atoms with Crippen LogP contribution in [0.5, 0.6) is 0 Å². The molecule has 0 amide bonds. The van der Waals surface area contributed by atoms with Crippen molar-refractivity contribution in [1.29, 1.82) is 0 Å². The van der Waals surface area contributed by atoms with E-state index in [1.165, 1.54) is 13.8 Å². The van der Waals surface area contributed by atoms with Crippen molar-refractivity contribution in [3.8, 4) is 0 Å². The summed E-state index contributed by atoms with van der Waals surface area (Å²) in [6.45, 7) is 20.2. The lowest BCUT2D eigenvalue weighted by molar-refractivity contribution is -0.294. The average molecular weight is 882 g/mol. The number of hydrogen-bond acceptors (Lipinski definition) is 12. The Morgan fingerprint density at radius 2 is 1.69 bits per heavy atom. The van der Waals surface area contributed by atoms with Crippen LogP contribution in [0.15, 0.2) is 72.9 Å². The van der Waals surface area contributed by atoms with E-state index in [1.807, 2.05) is 90.1 Å². The zero-order valence-corrected chi connectivity index (χ0v) is 39.3. The van der Waals surface area contributed by atoms with Crippen LogP contribution in [0.4, 0.5) is 0 Å². The monoisotopic (exact) mass is 881 g/mol. The maximum absolute atomic E-state index is 14.8. The van der Waals surface area contributed by atoms with Crippen LogP contribution < -0.4 is 0 Å².